The fourth-order valence-electron chi connectivity index (χ4n) is 0.958. The van der Waals surface area contributed by atoms with Crippen LogP contribution in [0.15, 0.2) is 12.1 Å². The highest BCUT2D eigenvalue weighted by Crippen LogP contribution is 2.27. The van der Waals surface area contributed by atoms with E-state index in [9.17, 15) is 9.18 Å². The van der Waals surface area contributed by atoms with Crippen molar-refractivity contribution in [2.45, 2.75) is 0 Å². The van der Waals surface area contributed by atoms with E-state index >= 15 is 0 Å². The molecule has 0 radical (unpaired) electrons. The number of carboxylic acids is 1. The van der Waals surface area contributed by atoms with Crippen LogP contribution in [0.2, 0.25) is 5.02 Å². The van der Waals surface area contributed by atoms with Crippen molar-refractivity contribution in [1.82, 2.24) is 0 Å². The maximum absolute atomic E-state index is 13.0. The summed E-state index contributed by atoms with van der Waals surface area (Å²) in [5.41, 5.74) is -0.353. The van der Waals surface area contributed by atoms with E-state index in [1.807, 2.05) is 0 Å². The molecule has 0 spiro atoms. The summed E-state index contributed by atoms with van der Waals surface area (Å²) < 4.78 is 13.0. The number of halogens is 2. The summed E-state index contributed by atoms with van der Waals surface area (Å²) in [5, 5.41) is 16.7. The van der Waals surface area contributed by atoms with E-state index < -0.39 is 17.3 Å². The number of hydroxylamine groups is 1. The van der Waals surface area contributed by atoms with Crippen LogP contribution in [0.3, 0.4) is 0 Å². The summed E-state index contributed by atoms with van der Waals surface area (Å²) in [6.07, 6.45) is 0. The minimum absolute atomic E-state index is 0.00463. The molecular weight excluding hydrogens is 213 g/mol. The van der Waals surface area contributed by atoms with Gasteiger partial charge < -0.3 is 10.3 Å². The van der Waals surface area contributed by atoms with E-state index in [0.29, 0.717) is 0 Å². The van der Waals surface area contributed by atoms with Crippen molar-refractivity contribution < 1.29 is 19.5 Å². The lowest BCUT2D eigenvalue weighted by Crippen LogP contribution is -2.12. The van der Waals surface area contributed by atoms with Gasteiger partial charge in [0.15, 0.2) is 0 Å². The fourth-order valence-corrected chi connectivity index (χ4v) is 1.24. The maximum Gasteiger partial charge on any atom is 0.338 e. The first kappa shape index (κ1) is 10.7. The molecule has 0 saturated heterocycles. The molecule has 0 saturated carbocycles. The Kier molecular flexibility index (Phi) is 2.93. The van der Waals surface area contributed by atoms with Gasteiger partial charge in [0, 0.05) is 0 Å². The molecule has 1 aromatic carbocycles. The average Bonchev–Trinajstić information content (AvgIpc) is 2.02. The second-order valence-corrected chi connectivity index (χ2v) is 3.05. The highest BCUT2D eigenvalue weighted by atomic mass is 35.5. The fraction of sp³-hybridized carbons (Fsp3) is 0.125. The van der Waals surface area contributed by atoms with Gasteiger partial charge in [0.05, 0.1) is 17.6 Å². The predicted octanol–water partition coefficient (Wildman–Crippen LogP) is 1.25. The molecule has 0 aliphatic heterocycles. The monoisotopic (exact) mass is 220 g/mol. The van der Waals surface area contributed by atoms with Gasteiger partial charge in [-0.1, -0.05) is 11.6 Å². The van der Waals surface area contributed by atoms with Crippen molar-refractivity contribution in [3.05, 3.63) is 28.5 Å². The van der Waals surface area contributed by atoms with E-state index in [1.54, 1.807) is 0 Å². The molecule has 0 atom stereocenters. The Hall–Kier alpha value is -1.33. The molecule has 0 heterocycles. The Balaban J connectivity index is 3.34. The Labute approximate surface area is 84.1 Å². The lowest BCUT2D eigenvalue weighted by Gasteiger charge is -2.09. The van der Waals surface area contributed by atoms with Crippen LogP contribution in [0.5, 0.6) is 0 Å². The molecule has 4 nitrogen and oxygen atoms in total. The highest BCUT2D eigenvalue weighted by Gasteiger charge is 2.16. The van der Waals surface area contributed by atoms with Gasteiger partial charge in [0.25, 0.3) is 0 Å². The Morgan fingerprint density at radius 1 is 1.64 bits per heavy atom. The van der Waals surface area contributed by atoms with Crippen molar-refractivity contribution in [2.24, 2.45) is 0 Å². The molecule has 1 aromatic rings. The van der Waals surface area contributed by atoms with Crippen molar-refractivity contribution >= 4 is 23.3 Å². The number of carboxylic acid groups (broad SMARTS) is 1. The summed E-state index contributed by atoms with van der Waals surface area (Å²) in [6, 6.07) is 1.90. The quantitative estimate of drug-likeness (QED) is 0.603. The second-order valence-electron chi connectivity index (χ2n) is 2.65. The SMILES string of the molecule is CN([OH2+])c1cc(C(=O)O)c(F)cc1Cl. The standard InChI is InChI=1S/C8H7ClFNO3/c1-11(14)7-2-4(8(12)13)6(10)3-5(7)9/h2-3,14H,1H3,(H,12,13)/p+1. The molecule has 0 unspecified atom stereocenters. The zero-order chi connectivity index (χ0) is 10.9. The number of hydrogen-bond donors (Lipinski definition) is 1. The summed E-state index contributed by atoms with van der Waals surface area (Å²) in [5.74, 6) is -2.30. The van der Waals surface area contributed by atoms with E-state index in [1.165, 1.54) is 7.05 Å². The third kappa shape index (κ3) is 1.94. The van der Waals surface area contributed by atoms with Crippen LogP contribution in [0, 0.1) is 5.82 Å². The molecule has 1 rings (SSSR count). The predicted molar refractivity (Wildman–Crippen MR) is 50.4 cm³/mol. The number of benzene rings is 1. The molecule has 0 fully saturated rings. The largest absolute Gasteiger partial charge is 0.478 e. The van der Waals surface area contributed by atoms with Crippen LogP contribution < -0.4 is 5.06 Å². The first-order valence-electron chi connectivity index (χ1n) is 3.60. The van der Waals surface area contributed by atoms with Crippen molar-refractivity contribution in [3.8, 4) is 0 Å². The third-order valence-corrected chi connectivity index (χ3v) is 1.93. The molecule has 14 heavy (non-hydrogen) atoms. The van der Waals surface area contributed by atoms with E-state index in [0.717, 1.165) is 17.2 Å². The average molecular weight is 221 g/mol. The zero-order valence-electron chi connectivity index (χ0n) is 7.21. The number of anilines is 1. The number of aromatic carboxylic acids is 1. The Bertz CT molecular complexity index is 381. The molecule has 0 amide bonds. The minimum atomic E-state index is -1.39. The summed E-state index contributed by atoms with van der Waals surface area (Å²) in [6.45, 7) is 0. The number of carbonyl (C=O) groups is 1. The minimum Gasteiger partial charge on any atom is -0.478 e. The van der Waals surface area contributed by atoms with Gasteiger partial charge in [0.1, 0.15) is 11.5 Å². The van der Waals surface area contributed by atoms with E-state index in [2.05, 4.69) is 0 Å². The third-order valence-electron chi connectivity index (χ3n) is 1.63. The number of nitrogens with zero attached hydrogens (tertiary/aromatic N) is 1. The van der Waals surface area contributed by atoms with Crippen LogP contribution >= 0.6 is 11.6 Å². The summed E-state index contributed by atoms with van der Waals surface area (Å²) in [7, 11) is 1.37. The van der Waals surface area contributed by atoms with E-state index in [-0.39, 0.29) is 10.7 Å². The maximum atomic E-state index is 13.0. The van der Waals surface area contributed by atoms with Crippen LogP contribution in [0.25, 0.3) is 0 Å². The topological polar surface area (TPSA) is 63.4 Å². The van der Waals surface area contributed by atoms with Gasteiger partial charge in [-0.25, -0.2) is 9.18 Å². The lowest BCUT2D eigenvalue weighted by molar-refractivity contribution is 0.0692. The van der Waals surface area contributed by atoms with Crippen LogP contribution in [0.4, 0.5) is 10.1 Å². The summed E-state index contributed by atoms with van der Waals surface area (Å²) in [4.78, 5) is 10.5. The lowest BCUT2D eigenvalue weighted by atomic mass is 10.2. The Morgan fingerprint density at radius 3 is 2.64 bits per heavy atom. The van der Waals surface area contributed by atoms with Gasteiger partial charge >= 0.3 is 5.97 Å². The van der Waals surface area contributed by atoms with Crippen molar-refractivity contribution in [1.29, 1.82) is 0 Å². The molecular formula is C8H8ClFNO3+. The van der Waals surface area contributed by atoms with Crippen LogP contribution in [0.1, 0.15) is 10.4 Å². The number of rotatable bonds is 2. The van der Waals surface area contributed by atoms with Gasteiger partial charge in [-0.3, -0.25) is 0 Å². The number of hydrogen-bond acceptors (Lipinski definition) is 2. The van der Waals surface area contributed by atoms with Gasteiger partial charge in [0.2, 0.25) is 0 Å². The summed E-state index contributed by atoms with van der Waals surface area (Å²) >= 11 is 5.61. The van der Waals surface area contributed by atoms with Gasteiger partial charge in [-0.15, -0.1) is 5.06 Å². The molecule has 3 N–H and O–H groups in total. The van der Waals surface area contributed by atoms with Crippen LogP contribution in [-0.4, -0.2) is 23.3 Å². The van der Waals surface area contributed by atoms with Gasteiger partial charge in [-0.2, -0.15) is 0 Å². The normalized spacial score (nSPS) is 10.0. The van der Waals surface area contributed by atoms with Gasteiger partial charge in [-0.05, 0) is 12.1 Å². The Morgan fingerprint density at radius 2 is 2.21 bits per heavy atom. The van der Waals surface area contributed by atoms with Crippen LogP contribution in [-0.2, 0) is 0 Å². The molecule has 0 aliphatic rings. The molecule has 0 bridgehead atoms. The van der Waals surface area contributed by atoms with E-state index in [4.69, 9.17) is 21.9 Å². The smallest absolute Gasteiger partial charge is 0.338 e. The first-order valence-corrected chi connectivity index (χ1v) is 3.98. The van der Waals surface area contributed by atoms with Crippen molar-refractivity contribution in [3.63, 3.8) is 0 Å². The highest BCUT2D eigenvalue weighted by molar-refractivity contribution is 6.33. The molecule has 0 aromatic heterocycles. The first-order chi connectivity index (χ1) is 6.43. The second kappa shape index (κ2) is 3.81. The molecule has 76 valence electrons. The molecule has 0 aliphatic carbocycles. The van der Waals surface area contributed by atoms with Crippen molar-refractivity contribution in [2.75, 3.05) is 12.1 Å². The zero-order valence-corrected chi connectivity index (χ0v) is 7.97. The molecule has 6 heteroatoms.